The van der Waals surface area contributed by atoms with Crippen molar-refractivity contribution in [1.82, 2.24) is 9.78 Å². The number of amides is 1. The van der Waals surface area contributed by atoms with E-state index in [0.29, 0.717) is 12.2 Å². The second kappa shape index (κ2) is 7.72. The van der Waals surface area contributed by atoms with E-state index in [4.69, 9.17) is 4.74 Å². The van der Waals surface area contributed by atoms with Gasteiger partial charge in [-0.3, -0.25) is 4.79 Å². The normalized spacial score (nSPS) is 18.4. The van der Waals surface area contributed by atoms with E-state index >= 15 is 0 Å². The van der Waals surface area contributed by atoms with E-state index in [1.54, 1.807) is 10.7 Å². The molecule has 1 aliphatic rings. The maximum absolute atomic E-state index is 12.3. The summed E-state index contributed by atoms with van der Waals surface area (Å²) in [6.07, 6.45) is 0.711. The molecule has 2 heterocycles. The molecule has 0 radical (unpaired) electrons. The first kappa shape index (κ1) is 19.4. The first-order valence-electron chi connectivity index (χ1n) is 9.00. The van der Waals surface area contributed by atoms with Crippen molar-refractivity contribution in [2.75, 3.05) is 23.4 Å². The molecule has 1 unspecified atom stereocenters. The summed E-state index contributed by atoms with van der Waals surface area (Å²) >= 11 is 0. The van der Waals surface area contributed by atoms with Crippen molar-refractivity contribution in [2.45, 2.75) is 39.7 Å². The molecule has 1 aromatic heterocycles. The number of anilines is 1. The van der Waals surface area contributed by atoms with E-state index in [9.17, 15) is 13.2 Å². The summed E-state index contributed by atoms with van der Waals surface area (Å²) in [5.74, 6) is 1.33. The van der Waals surface area contributed by atoms with Crippen molar-refractivity contribution in [1.29, 1.82) is 0 Å². The largest absolute Gasteiger partial charge is 0.493 e. The van der Waals surface area contributed by atoms with Gasteiger partial charge in [-0.15, -0.1) is 0 Å². The van der Waals surface area contributed by atoms with E-state index in [2.05, 4.69) is 10.4 Å². The Balaban J connectivity index is 1.58. The fourth-order valence-corrected chi connectivity index (χ4v) is 4.97. The topological polar surface area (TPSA) is 90.3 Å². The average Bonchev–Trinajstić information content (AvgIpc) is 3.11. The summed E-state index contributed by atoms with van der Waals surface area (Å²) < 4.78 is 30.8. The number of ether oxygens (including phenoxy) is 1. The Hall–Kier alpha value is -2.35. The smallest absolute Gasteiger partial charge is 0.228 e. The van der Waals surface area contributed by atoms with Crippen LogP contribution in [0.5, 0.6) is 5.75 Å². The van der Waals surface area contributed by atoms with E-state index < -0.39 is 9.84 Å². The molecule has 0 bridgehead atoms. The Bertz CT molecular complexity index is 950. The van der Waals surface area contributed by atoms with Crippen LogP contribution in [0.25, 0.3) is 0 Å². The zero-order valence-electron chi connectivity index (χ0n) is 15.9. The molecule has 1 aromatic carbocycles. The summed E-state index contributed by atoms with van der Waals surface area (Å²) in [4.78, 5) is 12.3. The number of sulfone groups is 1. The predicted molar refractivity (Wildman–Crippen MR) is 104 cm³/mol. The molecule has 1 N–H and O–H groups in total. The summed E-state index contributed by atoms with van der Waals surface area (Å²) in [6.45, 7) is 6.07. The van der Waals surface area contributed by atoms with Gasteiger partial charge in [0.2, 0.25) is 5.91 Å². The van der Waals surface area contributed by atoms with Crippen LogP contribution in [0, 0.1) is 20.8 Å². The van der Waals surface area contributed by atoms with Gasteiger partial charge in [0.1, 0.15) is 11.6 Å². The number of aryl methyl sites for hydroxylation is 3. The van der Waals surface area contributed by atoms with Crippen LogP contribution in [0.4, 0.5) is 5.82 Å². The molecule has 1 fully saturated rings. The highest BCUT2D eigenvalue weighted by atomic mass is 32.2. The van der Waals surface area contributed by atoms with Crippen LogP contribution >= 0.6 is 0 Å². The molecule has 1 saturated heterocycles. The van der Waals surface area contributed by atoms with E-state index in [0.717, 1.165) is 22.6 Å². The second-order valence-corrected chi connectivity index (χ2v) is 9.32. The van der Waals surface area contributed by atoms with Gasteiger partial charge in [-0.2, -0.15) is 5.10 Å². The van der Waals surface area contributed by atoms with Crippen LogP contribution < -0.4 is 10.1 Å². The van der Waals surface area contributed by atoms with Gasteiger partial charge in [-0.05, 0) is 38.8 Å². The fraction of sp³-hybridized carbons (Fsp3) is 0.474. The minimum atomic E-state index is -3.03. The Morgan fingerprint density at radius 3 is 2.74 bits per heavy atom. The van der Waals surface area contributed by atoms with E-state index in [1.165, 1.54) is 0 Å². The van der Waals surface area contributed by atoms with E-state index in [1.807, 2.05) is 39.0 Å². The Kier molecular flexibility index (Phi) is 5.55. The average molecular weight is 391 g/mol. The minimum Gasteiger partial charge on any atom is -0.493 e. The van der Waals surface area contributed by atoms with Crippen LogP contribution in [0.1, 0.15) is 35.7 Å². The van der Waals surface area contributed by atoms with Crippen molar-refractivity contribution < 1.29 is 17.9 Å². The standard InChI is InChI=1S/C19H25N3O4S/c1-13-4-5-17(14(2)10-13)26-8-6-19(23)20-18-11-15(3)21-22(18)16-7-9-27(24,25)12-16/h4-5,10-11,16H,6-9,12H2,1-3H3,(H,20,23). The number of hydrogen-bond acceptors (Lipinski definition) is 5. The molecule has 8 heteroatoms. The quantitative estimate of drug-likeness (QED) is 0.817. The van der Waals surface area contributed by atoms with Crippen LogP contribution in [0.2, 0.25) is 0 Å². The summed E-state index contributed by atoms with van der Waals surface area (Å²) in [5.41, 5.74) is 2.93. The lowest BCUT2D eigenvalue weighted by Crippen LogP contribution is -2.20. The lowest BCUT2D eigenvalue weighted by Gasteiger charge is -2.14. The van der Waals surface area contributed by atoms with Crippen LogP contribution in [0.15, 0.2) is 24.3 Å². The Morgan fingerprint density at radius 1 is 1.30 bits per heavy atom. The lowest BCUT2D eigenvalue weighted by atomic mass is 10.1. The van der Waals surface area contributed by atoms with Gasteiger partial charge in [0.25, 0.3) is 0 Å². The predicted octanol–water partition coefficient (Wildman–Crippen LogP) is 2.58. The third kappa shape index (κ3) is 4.88. The van der Waals surface area contributed by atoms with Gasteiger partial charge in [-0.1, -0.05) is 17.7 Å². The van der Waals surface area contributed by atoms with Crippen LogP contribution in [-0.4, -0.2) is 42.2 Å². The molecule has 146 valence electrons. The zero-order chi connectivity index (χ0) is 19.6. The highest BCUT2D eigenvalue weighted by Gasteiger charge is 2.31. The number of nitrogens with zero attached hydrogens (tertiary/aromatic N) is 2. The SMILES string of the molecule is Cc1ccc(OCCC(=O)Nc2cc(C)nn2C2CCS(=O)(=O)C2)c(C)c1. The highest BCUT2D eigenvalue weighted by molar-refractivity contribution is 7.91. The Labute approximate surface area is 159 Å². The summed E-state index contributed by atoms with van der Waals surface area (Å²) in [6, 6.07) is 7.44. The number of carbonyl (C=O) groups is 1. The number of hydrogen-bond donors (Lipinski definition) is 1. The molecular weight excluding hydrogens is 366 g/mol. The van der Waals surface area contributed by atoms with Crippen molar-refractivity contribution in [3.8, 4) is 5.75 Å². The first-order valence-corrected chi connectivity index (χ1v) is 10.8. The molecule has 2 aromatic rings. The molecular formula is C19H25N3O4S. The van der Waals surface area contributed by atoms with Crippen LogP contribution in [0.3, 0.4) is 0 Å². The number of aromatic nitrogens is 2. The number of nitrogens with one attached hydrogen (secondary N) is 1. The maximum Gasteiger partial charge on any atom is 0.228 e. The third-order valence-corrected chi connectivity index (χ3v) is 6.35. The molecule has 7 nitrogen and oxygen atoms in total. The highest BCUT2D eigenvalue weighted by Crippen LogP contribution is 2.27. The van der Waals surface area contributed by atoms with Gasteiger partial charge < -0.3 is 10.1 Å². The Morgan fingerprint density at radius 2 is 2.07 bits per heavy atom. The van der Waals surface area contributed by atoms with Crippen molar-refractivity contribution >= 4 is 21.6 Å². The molecule has 1 amide bonds. The number of rotatable bonds is 6. The third-order valence-electron chi connectivity index (χ3n) is 4.60. The van der Waals surface area contributed by atoms with Gasteiger partial charge in [0.15, 0.2) is 9.84 Å². The summed E-state index contributed by atoms with van der Waals surface area (Å²) in [7, 11) is -3.03. The summed E-state index contributed by atoms with van der Waals surface area (Å²) in [5, 5.41) is 7.20. The fourth-order valence-electron chi connectivity index (χ4n) is 3.28. The van der Waals surface area contributed by atoms with Gasteiger partial charge in [0.05, 0.1) is 36.3 Å². The first-order chi connectivity index (χ1) is 12.7. The lowest BCUT2D eigenvalue weighted by molar-refractivity contribution is -0.116. The minimum absolute atomic E-state index is 0.0623. The monoisotopic (exact) mass is 391 g/mol. The molecule has 1 aliphatic heterocycles. The molecule has 0 saturated carbocycles. The van der Waals surface area contributed by atoms with Crippen LogP contribution in [-0.2, 0) is 14.6 Å². The number of benzene rings is 1. The molecule has 1 atom stereocenters. The van der Waals surface area contributed by atoms with E-state index in [-0.39, 0.29) is 36.5 Å². The molecule has 0 aliphatic carbocycles. The molecule has 0 spiro atoms. The van der Waals surface area contributed by atoms with Crippen molar-refractivity contribution in [2.24, 2.45) is 0 Å². The van der Waals surface area contributed by atoms with Crippen molar-refractivity contribution in [3.63, 3.8) is 0 Å². The van der Waals surface area contributed by atoms with Gasteiger partial charge in [-0.25, -0.2) is 13.1 Å². The number of carbonyl (C=O) groups excluding carboxylic acids is 1. The molecule has 27 heavy (non-hydrogen) atoms. The van der Waals surface area contributed by atoms with Gasteiger partial charge in [0, 0.05) is 6.07 Å². The second-order valence-electron chi connectivity index (χ2n) is 7.09. The van der Waals surface area contributed by atoms with Gasteiger partial charge >= 0.3 is 0 Å². The van der Waals surface area contributed by atoms with Crippen molar-refractivity contribution in [3.05, 3.63) is 41.1 Å². The molecule has 3 rings (SSSR count). The maximum atomic E-state index is 12.3. The zero-order valence-corrected chi connectivity index (χ0v) is 16.7.